The maximum absolute atomic E-state index is 11.4. The molecule has 1 unspecified atom stereocenters. The van der Waals surface area contributed by atoms with Crippen molar-refractivity contribution in [2.45, 2.75) is 38.0 Å². The number of nitrogens with one attached hydrogen (secondary N) is 2. The van der Waals surface area contributed by atoms with Crippen molar-refractivity contribution in [2.75, 3.05) is 13.3 Å². The van der Waals surface area contributed by atoms with Crippen LogP contribution in [0, 0.1) is 5.41 Å². The number of halogens is 1. The van der Waals surface area contributed by atoms with E-state index >= 15 is 0 Å². The van der Waals surface area contributed by atoms with Crippen LogP contribution in [0.1, 0.15) is 48.0 Å². The molecule has 1 aliphatic rings. The molecule has 0 saturated heterocycles. The van der Waals surface area contributed by atoms with Crippen LogP contribution >= 0.6 is 12.4 Å². The minimum Gasteiger partial charge on any atom is -0.481 e. The van der Waals surface area contributed by atoms with Crippen LogP contribution in [0.3, 0.4) is 0 Å². The number of ether oxygens (including phenoxy) is 2. The molecule has 4 rings (SSSR count). The lowest BCUT2D eigenvalue weighted by atomic mass is 9.92. The van der Waals surface area contributed by atoms with Gasteiger partial charge in [0.15, 0.2) is 17.3 Å². The molecular formula is C24H27ClN4O5. The van der Waals surface area contributed by atoms with E-state index in [2.05, 4.69) is 15.5 Å². The molecule has 2 aromatic carbocycles. The Bertz CT molecular complexity index is 1110. The molecule has 10 heteroatoms. The minimum absolute atomic E-state index is 0. The zero-order chi connectivity index (χ0) is 23.0. The normalized spacial score (nSPS) is 12.6. The van der Waals surface area contributed by atoms with Crippen molar-refractivity contribution in [1.29, 1.82) is 5.41 Å². The Kier molecular flexibility index (Phi) is 8.86. The molecule has 34 heavy (non-hydrogen) atoms. The van der Waals surface area contributed by atoms with Crippen LogP contribution in [0.2, 0.25) is 0 Å². The van der Waals surface area contributed by atoms with Crippen LogP contribution in [-0.4, -0.2) is 40.4 Å². The van der Waals surface area contributed by atoms with Crippen molar-refractivity contribution in [2.24, 2.45) is 0 Å². The summed E-state index contributed by atoms with van der Waals surface area (Å²) in [6.45, 7) is 0.849. The van der Waals surface area contributed by atoms with Crippen LogP contribution in [0.5, 0.6) is 11.5 Å². The highest BCUT2D eigenvalue weighted by Crippen LogP contribution is 2.36. The molecule has 1 atom stereocenters. The van der Waals surface area contributed by atoms with E-state index in [0.717, 1.165) is 24.0 Å². The number of aromatic nitrogens is 2. The molecule has 2 heterocycles. The zero-order valence-electron chi connectivity index (χ0n) is 18.5. The monoisotopic (exact) mass is 486 g/mol. The Balaban J connectivity index is 0.00000324. The van der Waals surface area contributed by atoms with Crippen LogP contribution in [0.25, 0.3) is 0 Å². The molecule has 3 aromatic rings. The number of hydrogen-bond donors (Lipinski definition) is 3. The molecule has 0 bridgehead atoms. The van der Waals surface area contributed by atoms with Crippen LogP contribution in [-0.2, 0) is 17.6 Å². The van der Waals surface area contributed by atoms with E-state index < -0.39 is 5.97 Å². The van der Waals surface area contributed by atoms with Gasteiger partial charge in [-0.3, -0.25) is 10.2 Å². The third kappa shape index (κ3) is 6.71. The van der Waals surface area contributed by atoms with Gasteiger partial charge in [-0.2, -0.15) is 4.98 Å². The molecule has 0 saturated carbocycles. The maximum atomic E-state index is 11.4. The van der Waals surface area contributed by atoms with Gasteiger partial charge in [-0.05, 0) is 30.5 Å². The number of carbonyl (C=O) groups is 1. The summed E-state index contributed by atoms with van der Waals surface area (Å²) in [6, 6.07) is 15.0. The summed E-state index contributed by atoms with van der Waals surface area (Å²) in [7, 11) is 0. The standard InChI is InChI=1S/C24H26N4O5.ClH/c25-24(16-6-2-1-3-7-16)26-11-5-4-8-21-27-22(33-28-21)13-18(14-23(29)30)17-9-10-19-20(12-17)32-15-31-19;/h1-3,6-7,9-10,12,18H,4-5,8,11,13-15H2,(H2,25,26)(H,29,30);1H. The number of unbranched alkanes of at least 4 members (excludes halogenated alkanes) is 1. The highest BCUT2D eigenvalue weighted by molar-refractivity contribution is 5.96. The lowest BCUT2D eigenvalue weighted by molar-refractivity contribution is -0.137. The fourth-order valence-corrected chi connectivity index (χ4v) is 3.70. The summed E-state index contributed by atoms with van der Waals surface area (Å²) in [5, 5.41) is 24.6. The van der Waals surface area contributed by atoms with Gasteiger partial charge in [-0.15, -0.1) is 12.4 Å². The van der Waals surface area contributed by atoms with Gasteiger partial charge in [0.2, 0.25) is 12.7 Å². The predicted octanol–water partition coefficient (Wildman–Crippen LogP) is 3.96. The molecule has 0 amide bonds. The van der Waals surface area contributed by atoms with Crippen molar-refractivity contribution in [3.05, 3.63) is 71.4 Å². The van der Waals surface area contributed by atoms with Crippen LogP contribution in [0.15, 0.2) is 53.1 Å². The summed E-state index contributed by atoms with van der Waals surface area (Å²) >= 11 is 0. The summed E-state index contributed by atoms with van der Waals surface area (Å²) in [6.07, 6.45) is 2.62. The van der Waals surface area contributed by atoms with Crippen molar-refractivity contribution >= 4 is 24.2 Å². The molecular weight excluding hydrogens is 460 g/mol. The summed E-state index contributed by atoms with van der Waals surface area (Å²) in [4.78, 5) is 15.9. The van der Waals surface area contributed by atoms with Crippen molar-refractivity contribution in [3.8, 4) is 11.5 Å². The third-order valence-corrected chi connectivity index (χ3v) is 5.41. The first-order chi connectivity index (χ1) is 16.1. The lowest BCUT2D eigenvalue weighted by Crippen LogP contribution is -2.24. The Morgan fingerprint density at radius 1 is 1.12 bits per heavy atom. The second-order valence-corrected chi connectivity index (χ2v) is 7.84. The minimum atomic E-state index is -0.897. The Morgan fingerprint density at radius 3 is 2.71 bits per heavy atom. The predicted molar refractivity (Wildman–Crippen MR) is 127 cm³/mol. The van der Waals surface area contributed by atoms with E-state index in [-0.39, 0.29) is 31.5 Å². The largest absolute Gasteiger partial charge is 0.481 e. The molecule has 0 aliphatic carbocycles. The number of benzene rings is 2. The molecule has 0 spiro atoms. The Morgan fingerprint density at radius 2 is 1.91 bits per heavy atom. The number of hydrogen-bond acceptors (Lipinski definition) is 7. The topological polar surface area (TPSA) is 131 Å². The zero-order valence-corrected chi connectivity index (χ0v) is 19.3. The van der Waals surface area contributed by atoms with Gasteiger partial charge in [0.1, 0.15) is 5.84 Å². The molecule has 180 valence electrons. The van der Waals surface area contributed by atoms with E-state index in [4.69, 9.17) is 19.4 Å². The Labute approximate surface area is 203 Å². The van der Waals surface area contributed by atoms with Crippen molar-refractivity contribution < 1.29 is 23.9 Å². The van der Waals surface area contributed by atoms with Gasteiger partial charge in [0, 0.05) is 30.9 Å². The molecule has 9 nitrogen and oxygen atoms in total. The number of carboxylic acid groups (broad SMARTS) is 1. The smallest absolute Gasteiger partial charge is 0.303 e. The number of carboxylic acids is 1. The van der Waals surface area contributed by atoms with Crippen molar-refractivity contribution in [1.82, 2.24) is 15.5 Å². The van der Waals surface area contributed by atoms with E-state index in [0.29, 0.717) is 48.4 Å². The summed E-state index contributed by atoms with van der Waals surface area (Å²) in [5.41, 5.74) is 1.69. The molecule has 1 aromatic heterocycles. The molecule has 3 N–H and O–H groups in total. The second kappa shape index (κ2) is 12.0. The molecule has 0 fully saturated rings. The first-order valence-electron chi connectivity index (χ1n) is 10.9. The number of fused-ring (bicyclic) bond motifs is 1. The SMILES string of the molecule is Cl.N=C(NCCCCc1noc(CC(CC(=O)O)c2ccc3c(c2)OCO3)n1)c1ccccc1. The van der Waals surface area contributed by atoms with Crippen LogP contribution < -0.4 is 14.8 Å². The summed E-state index contributed by atoms with van der Waals surface area (Å²) in [5.74, 6) is 1.47. The van der Waals surface area contributed by atoms with Gasteiger partial charge in [0.05, 0.1) is 6.42 Å². The lowest BCUT2D eigenvalue weighted by Gasteiger charge is -2.13. The Hall–Kier alpha value is -3.59. The number of rotatable bonds is 11. The van der Waals surface area contributed by atoms with Gasteiger partial charge in [-0.25, -0.2) is 0 Å². The highest BCUT2D eigenvalue weighted by atomic mass is 35.5. The van der Waals surface area contributed by atoms with Gasteiger partial charge >= 0.3 is 5.97 Å². The molecule has 1 aliphatic heterocycles. The number of aryl methyl sites for hydroxylation is 1. The van der Waals surface area contributed by atoms with E-state index in [1.54, 1.807) is 6.07 Å². The van der Waals surface area contributed by atoms with Gasteiger partial charge in [-0.1, -0.05) is 41.6 Å². The van der Waals surface area contributed by atoms with E-state index in [1.165, 1.54) is 0 Å². The number of aliphatic carboxylic acids is 1. The number of nitrogens with zero attached hydrogens (tertiary/aromatic N) is 2. The summed E-state index contributed by atoms with van der Waals surface area (Å²) < 4.78 is 16.1. The first kappa shape index (κ1) is 25.0. The fraction of sp³-hybridized carbons (Fsp3) is 0.333. The van der Waals surface area contributed by atoms with E-state index in [1.807, 2.05) is 42.5 Å². The third-order valence-electron chi connectivity index (χ3n) is 5.41. The maximum Gasteiger partial charge on any atom is 0.303 e. The fourth-order valence-electron chi connectivity index (χ4n) is 3.70. The number of amidine groups is 1. The molecule has 0 radical (unpaired) electrons. The second-order valence-electron chi connectivity index (χ2n) is 7.84. The average molecular weight is 487 g/mol. The van der Waals surface area contributed by atoms with Crippen molar-refractivity contribution in [3.63, 3.8) is 0 Å². The highest BCUT2D eigenvalue weighted by Gasteiger charge is 2.23. The quantitative estimate of drug-likeness (QED) is 0.211. The van der Waals surface area contributed by atoms with E-state index in [9.17, 15) is 9.90 Å². The van der Waals surface area contributed by atoms with Crippen LogP contribution in [0.4, 0.5) is 0 Å². The van der Waals surface area contributed by atoms with Gasteiger partial charge in [0.25, 0.3) is 0 Å². The first-order valence-corrected chi connectivity index (χ1v) is 10.9. The van der Waals surface area contributed by atoms with Gasteiger partial charge < -0.3 is 24.4 Å². The average Bonchev–Trinajstić information content (AvgIpc) is 3.47.